The molecule has 0 N–H and O–H groups in total. The maximum Gasteiger partial charge on any atom is 0.243 e. The number of amides is 1. The van der Waals surface area contributed by atoms with Crippen LogP contribution < -0.4 is 0 Å². The van der Waals surface area contributed by atoms with E-state index in [1.165, 1.54) is 9.01 Å². The molecule has 0 aliphatic carbocycles. The van der Waals surface area contributed by atoms with Gasteiger partial charge in [-0.25, -0.2) is 13.4 Å². The molecule has 3 heterocycles. The van der Waals surface area contributed by atoms with Gasteiger partial charge in [0.15, 0.2) is 0 Å². The third-order valence-electron chi connectivity index (χ3n) is 6.55. The van der Waals surface area contributed by atoms with Crippen LogP contribution in [-0.4, -0.2) is 54.2 Å². The number of aromatic nitrogens is 1. The molecule has 2 aliphatic rings. The van der Waals surface area contributed by atoms with Gasteiger partial charge < -0.3 is 4.90 Å². The fourth-order valence-electron chi connectivity index (χ4n) is 4.79. The lowest BCUT2D eigenvalue weighted by molar-refractivity contribution is -0.137. The van der Waals surface area contributed by atoms with Crippen molar-refractivity contribution in [3.63, 3.8) is 0 Å². The number of likely N-dealkylation sites (tertiary alicyclic amines) is 1. The first kappa shape index (κ1) is 21.6. The van der Waals surface area contributed by atoms with Crippen molar-refractivity contribution in [1.82, 2.24) is 14.2 Å². The summed E-state index contributed by atoms with van der Waals surface area (Å²) in [6.07, 6.45) is 3.98. The number of nitrogens with zero attached hydrogens (tertiary/aromatic N) is 3. The summed E-state index contributed by atoms with van der Waals surface area (Å²) in [4.78, 5) is 20.4. The minimum absolute atomic E-state index is 0.0491. The Hall–Kier alpha value is -2.29. The van der Waals surface area contributed by atoms with Gasteiger partial charge in [-0.3, -0.25) is 4.79 Å². The Bertz CT molecular complexity index is 1170. The van der Waals surface area contributed by atoms with Crippen molar-refractivity contribution >= 4 is 37.5 Å². The zero-order valence-corrected chi connectivity index (χ0v) is 19.5. The molecule has 0 spiro atoms. The zero-order chi connectivity index (χ0) is 22.1. The minimum atomic E-state index is -3.69. The van der Waals surface area contributed by atoms with Crippen molar-refractivity contribution < 1.29 is 13.2 Å². The van der Waals surface area contributed by atoms with Crippen molar-refractivity contribution in [2.24, 2.45) is 0 Å². The lowest BCUT2D eigenvalue weighted by atomic mass is 9.96. The summed E-state index contributed by atoms with van der Waals surface area (Å²) >= 11 is 1.74. The number of piperidine rings is 2. The van der Waals surface area contributed by atoms with Gasteiger partial charge in [0.25, 0.3) is 0 Å². The predicted molar refractivity (Wildman–Crippen MR) is 126 cm³/mol. The van der Waals surface area contributed by atoms with Gasteiger partial charge in [-0.1, -0.05) is 36.8 Å². The average Bonchev–Trinajstić information content (AvgIpc) is 3.29. The smallest absolute Gasteiger partial charge is 0.243 e. The highest BCUT2D eigenvalue weighted by Gasteiger charge is 2.40. The SMILES string of the molecule is O=C(C1CCCCN1S(=O)(=O)c1ccccc1)N1CCC(c2nc3ccccc3s2)CC1. The van der Waals surface area contributed by atoms with E-state index < -0.39 is 16.1 Å². The average molecular weight is 470 g/mol. The molecule has 1 amide bonds. The lowest BCUT2D eigenvalue weighted by Gasteiger charge is -2.39. The molecule has 3 aromatic rings. The number of hydrogen-bond acceptors (Lipinski definition) is 5. The van der Waals surface area contributed by atoms with Crippen LogP contribution >= 0.6 is 11.3 Å². The van der Waals surface area contributed by atoms with E-state index in [1.54, 1.807) is 41.7 Å². The van der Waals surface area contributed by atoms with Crippen LogP contribution in [-0.2, 0) is 14.8 Å². The minimum Gasteiger partial charge on any atom is -0.341 e. The Morgan fingerprint density at radius 2 is 1.62 bits per heavy atom. The van der Waals surface area contributed by atoms with Crippen LogP contribution in [0, 0.1) is 0 Å². The van der Waals surface area contributed by atoms with Gasteiger partial charge in [0.1, 0.15) is 6.04 Å². The van der Waals surface area contributed by atoms with Gasteiger partial charge in [0.05, 0.1) is 20.1 Å². The van der Waals surface area contributed by atoms with Gasteiger partial charge >= 0.3 is 0 Å². The third-order valence-corrected chi connectivity index (χ3v) is 9.68. The summed E-state index contributed by atoms with van der Waals surface area (Å²) in [5.41, 5.74) is 1.04. The van der Waals surface area contributed by atoms with E-state index >= 15 is 0 Å². The Morgan fingerprint density at radius 3 is 2.38 bits per heavy atom. The fourth-order valence-corrected chi connectivity index (χ4v) is 7.60. The van der Waals surface area contributed by atoms with Gasteiger partial charge in [0, 0.05) is 25.6 Å². The quantitative estimate of drug-likeness (QED) is 0.573. The summed E-state index contributed by atoms with van der Waals surface area (Å²) in [6.45, 7) is 1.69. The monoisotopic (exact) mass is 469 g/mol. The van der Waals surface area contributed by atoms with Crippen LogP contribution in [0.15, 0.2) is 59.5 Å². The maximum atomic E-state index is 13.4. The molecule has 0 bridgehead atoms. The molecule has 1 atom stereocenters. The van der Waals surface area contributed by atoms with Crippen molar-refractivity contribution in [2.45, 2.75) is 49.0 Å². The first-order valence-corrected chi connectivity index (χ1v) is 13.5. The molecule has 6 nitrogen and oxygen atoms in total. The molecular weight excluding hydrogens is 442 g/mol. The Balaban J connectivity index is 1.29. The van der Waals surface area contributed by atoms with Crippen LogP contribution in [0.1, 0.15) is 43.0 Å². The summed E-state index contributed by atoms with van der Waals surface area (Å²) in [5.74, 6) is 0.305. The van der Waals surface area contributed by atoms with Crippen molar-refractivity contribution in [3.8, 4) is 0 Å². The summed E-state index contributed by atoms with van der Waals surface area (Å²) in [5, 5.41) is 1.14. The first-order chi connectivity index (χ1) is 15.5. The molecule has 1 unspecified atom stereocenters. The highest BCUT2D eigenvalue weighted by atomic mass is 32.2. The molecular formula is C24H27N3O3S2. The number of carbonyl (C=O) groups excluding carboxylic acids is 1. The second-order valence-corrected chi connectivity index (χ2v) is 11.5. The summed E-state index contributed by atoms with van der Waals surface area (Å²) in [7, 11) is -3.69. The van der Waals surface area contributed by atoms with Crippen LogP contribution in [0.2, 0.25) is 0 Å². The van der Waals surface area contributed by atoms with E-state index in [2.05, 4.69) is 6.07 Å². The number of sulfonamides is 1. The number of carbonyl (C=O) groups is 1. The first-order valence-electron chi connectivity index (χ1n) is 11.3. The van der Waals surface area contributed by atoms with Crippen LogP contribution in [0.25, 0.3) is 10.2 Å². The lowest BCUT2D eigenvalue weighted by Crippen LogP contribution is -2.54. The van der Waals surface area contributed by atoms with E-state index in [1.807, 2.05) is 23.1 Å². The van der Waals surface area contributed by atoms with Gasteiger partial charge in [-0.05, 0) is 49.9 Å². The van der Waals surface area contributed by atoms with E-state index in [4.69, 9.17) is 4.98 Å². The van der Waals surface area contributed by atoms with Gasteiger partial charge in [0.2, 0.25) is 15.9 Å². The topological polar surface area (TPSA) is 70.6 Å². The van der Waals surface area contributed by atoms with Crippen molar-refractivity contribution in [2.75, 3.05) is 19.6 Å². The van der Waals surface area contributed by atoms with E-state index in [-0.39, 0.29) is 10.8 Å². The maximum absolute atomic E-state index is 13.4. The van der Waals surface area contributed by atoms with Crippen LogP contribution in [0.4, 0.5) is 0 Å². The number of thiazole rings is 1. The second kappa shape index (κ2) is 8.92. The fraction of sp³-hybridized carbons (Fsp3) is 0.417. The molecule has 2 saturated heterocycles. The van der Waals surface area contributed by atoms with E-state index in [0.29, 0.717) is 32.0 Å². The van der Waals surface area contributed by atoms with E-state index in [0.717, 1.165) is 36.2 Å². The number of benzene rings is 2. The summed E-state index contributed by atoms with van der Waals surface area (Å²) in [6, 6.07) is 16.0. The Morgan fingerprint density at radius 1 is 0.906 bits per heavy atom. The zero-order valence-electron chi connectivity index (χ0n) is 17.9. The number of rotatable bonds is 4. The molecule has 8 heteroatoms. The van der Waals surface area contributed by atoms with Crippen molar-refractivity contribution in [3.05, 3.63) is 59.6 Å². The number of para-hydroxylation sites is 1. The standard InChI is InChI=1S/C24H27N3O3S2/c28-24(21-11-6-7-15-27(21)32(29,30)19-8-2-1-3-9-19)26-16-13-18(14-17-26)23-25-20-10-4-5-12-22(20)31-23/h1-5,8-10,12,18,21H,6-7,11,13-17H2. The molecule has 0 saturated carbocycles. The van der Waals surface area contributed by atoms with Gasteiger partial charge in [-0.15, -0.1) is 11.3 Å². The number of hydrogen-bond donors (Lipinski definition) is 0. The van der Waals surface area contributed by atoms with Crippen molar-refractivity contribution in [1.29, 1.82) is 0 Å². The molecule has 2 fully saturated rings. The molecule has 0 radical (unpaired) electrons. The molecule has 168 valence electrons. The van der Waals surface area contributed by atoms with Crippen LogP contribution in [0.3, 0.4) is 0 Å². The second-order valence-electron chi connectivity index (χ2n) is 8.56. The molecule has 2 aromatic carbocycles. The molecule has 32 heavy (non-hydrogen) atoms. The Labute approximate surface area is 192 Å². The highest BCUT2D eigenvalue weighted by Crippen LogP contribution is 2.35. The number of fused-ring (bicyclic) bond motifs is 1. The Kier molecular flexibility index (Phi) is 6.01. The summed E-state index contributed by atoms with van der Waals surface area (Å²) < 4.78 is 29.1. The van der Waals surface area contributed by atoms with E-state index in [9.17, 15) is 13.2 Å². The molecule has 1 aromatic heterocycles. The third kappa shape index (κ3) is 4.07. The van der Waals surface area contributed by atoms with Gasteiger partial charge in [-0.2, -0.15) is 4.31 Å². The molecule has 2 aliphatic heterocycles. The molecule has 5 rings (SSSR count). The normalized spacial score (nSPS) is 21.1. The predicted octanol–water partition coefficient (Wildman–Crippen LogP) is 4.25. The highest BCUT2D eigenvalue weighted by molar-refractivity contribution is 7.89. The van der Waals surface area contributed by atoms with Crippen LogP contribution in [0.5, 0.6) is 0 Å². The largest absolute Gasteiger partial charge is 0.341 e.